The SMILES string of the molecule is Cc1nc(CSC2CCCC2)nc(C)c1CNCC(C)C. The van der Waals surface area contributed by atoms with Gasteiger partial charge >= 0.3 is 0 Å². The maximum Gasteiger partial charge on any atom is 0.138 e. The van der Waals surface area contributed by atoms with E-state index >= 15 is 0 Å². The van der Waals surface area contributed by atoms with E-state index in [-0.39, 0.29) is 0 Å². The van der Waals surface area contributed by atoms with Crippen LogP contribution in [-0.2, 0) is 12.3 Å². The van der Waals surface area contributed by atoms with Gasteiger partial charge in [0, 0.05) is 28.7 Å². The second kappa shape index (κ2) is 8.14. The molecule has 0 atom stereocenters. The summed E-state index contributed by atoms with van der Waals surface area (Å²) in [6.07, 6.45) is 5.55. The van der Waals surface area contributed by atoms with Gasteiger partial charge in [0.05, 0.1) is 5.75 Å². The first-order chi connectivity index (χ1) is 10.1. The van der Waals surface area contributed by atoms with Crippen molar-refractivity contribution in [3.63, 3.8) is 0 Å². The van der Waals surface area contributed by atoms with E-state index in [1.54, 1.807) is 0 Å². The van der Waals surface area contributed by atoms with Crippen LogP contribution in [0.4, 0.5) is 0 Å². The number of aryl methyl sites for hydroxylation is 2. The first-order valence-corrected chi connectivity index (χ1v) is 9.26. The minimum atomic E-state index is 0.675. The fraction of sp³-hybridized carbons (Fsp3) is 0.765. The first-order valence-electron chi connectivity index (χ1n) is 8.21. The molecular formula is C17H29N3S. The third-order valence-corrected chi connectivity index (χ3v) is 5.44. The number of nitrogens with zero attached hydrogens (tertiary/aromatic N) is 2. The molecule has 0 radical (unpaired) electrons. The largest absolute Gasteiger partial charge is 0.312 e. The summed E-state index contributed by atoms with van der Waals surface area (Å²) in [7, 11) is 0. The number of thioether (sulfide) groups is 1. The van der Waals surface area contributed by atoms with Crippen LogP contribution in [0.1, 0.15) is 62.3 Å². The van der Waals surface area contributed by atoms with Crippen molar-refractivity contribution in [2.75, 3.05) is 6.54 Å². The van der Waals surface area contributed by atoms with Crippen molar-refractivity contribution < 1.29 is 0 Å². The van der Waals surface area contributed by atoms with Gasteiger partial charge in [-0.3, -0.25) is 0 Å². The summed E-state index contributed by atoms with van der Waals surface area (Å²) in [4.78, 5) is 9.44. The Bertz CT molecular complexity index is 430. The predicted molar refractivity (Wildman–Crippen MR) is 91.6 cm³/mol. The summed E-state index contributed by atoms with van der Waals surface area (Å²) >= 11 is 2.04. The standard InChI is InChI=1S/C17H29N3S/c1-12(2)9-18-10-16-13(3)19-17(20-14(16)4)11-21-15-7-5-6-8-15/h12,15,18H,5-11H2,1-4H3. The lowest BCUT2D eigenvalue weighted by Gasteiger charge is -2.14. The summed E-state index contributed by atoms with van der Waals surface area (Å²) in [6, 6.07) is 0. The lowest BCUT2D eigenvalue weighted by atomic mass is 10.1. The fourth-order valence-corrected chi connectivity index (χ4v) is 4.04. The van der Waals surface area contributed by atoms with Crippen LogP contribution in [0, 0.1) is 19.8 Å². The fourth-order valence-electron chi connectivity index (χ4n) is 2.86. The van der Waals surface area contributed by atoms with Crippen LogP contribution in [0.15, 0.2) is 0 Å². The van der Waals surface area contributed by atoms with Crippen LogP contribution in [0.3, 0.4) is 0 Å². The van der Waals surface area contributed by atoms with E-state index in [0.29, 0.717) is 5.92 Å². The van der Waals surface area contributed by atoms with Crippen LogP contribution in [-0.4, -0.2) is 21.8 Å². The molecule has 1 aliphatic carbocycles. The van der Waals surface area contributed by atoms with Gasteiger partial charge in [0.25, 0.3) is 0 Å². The van der Waals surface area contributed by atoms with Crippen molar-refractivity contribution in [3.8, 4) is 0 Å². The Morgan fingerprint density at radius 2 is 1.76 bits per heavy atom. The number of hydrogen-bond donors (Lipinski definition) is 1. The molecule has 2 rings (SSSR count). The molecule has 0 aliphatic heterocycles. The lowest BCUT2D eigenvalue weighted by Crippen LogP contribution is -2.21. The van der Waals surface area contributed by atoms with E-state index in [1.807, 2.05) is 11.8 Å². The van der Waals surface area contributed by atoms with Crippen molar-refractivity contribution in [3.05, 3.63) is 22.8 Å². The number of hydrogen-bond acceptors (Lipinski definition) is 4. The minimum absolute atomic E-state index is 0.675. The molecule has 21 heavy (non-hydrogen) atoms. The molecule has 0 unspecified atom stereocenters. The van der Waals surface area contributed by atoms with Crippen LogP contribution in [0.25, 0.3) is 0 Å². The molecule has 118 valence electrons. The first kappa shape index (κ1) is 16.8. The quantitative estimate of drug-likeness (QED) is 0.826. The van der Waals surface area contributed by atoms with E-state index in [9.17, 15) is 0 Å². The molecule has 1 fully saturated rings. The molecule has 1 aromatic heterocycles. The number of aromatic nitrogens is 2. The maximum absolute atomic E-state index is 4.72. The number of rotatable bonds is 7. The van der Waals surface area contributed by atoms with Crippen molar-refractivity contribution in [1.29, 1.82) is 0 Å². The van der Waals surface area contributed by atoms with E-state index in [0.717, 1.165) is 41.3 Å². The highest BCUT2D eigenvalue weighted by molar-refractivity contribution is 7.99. The molecule has 1 heterocycles. The molecule has 1 aliphatic rings. The topological polar surface area (TPSA) is 37.8 Å². The van der Waals surface area contributed by atoms with Gasteiger partial charge in [-0.05, 0) is 39.2 Å². The van der Waals surface area contributed by atoms with Crippen LogP contribution in [0.2, 0.25) is 0 Å². The highest BCUT2D eigenvalue weighted by Crippen LogP contribution is 2.31. The minimum Gasteiger partial charge on any atom is -0.312 e. The molecule has 0 amide bonds. The Kier molecular flexibility index (Phi) is 6.49. The summed E-state index contributed by atoms with van der Waals surface area (Å²) < 4.78 is 0. The Morgan fingerprint density at radius 1 is 1.14 bits per heavy atom. The zero-order valence-electron chi connectivity index (χ0n) is 13.9. The zero-order chi connectivity index (χ0) is 15.2. The molecule has 0 aromatic carbocycles. The Hall–Kier alpha value is -0.610. The summed E-state index contributed by atoms with van der Waals surface area (Å²) in [5, 5.41) is 4.33. The molecular weight excluding hydrogens is 278 g/mol. The molecule has 1 N–H and O–H groups in total. The molecule has 1 saturated carbocycles. The van der Waals surface area contributed by atoms with Crippen LogP contribution >= 0.6 is 11.8 Å². The van der Waals surface area contributed by atoms with Gasteiger partial charge in [-0.2, -0.15) is 11.8 Å². The van der Waals surface area contributed by atoms with Gasteiger partial charge in [-0.1, -0.05) is 26.7 Å². The normalized spacial score (nSPS) is 16.0. The summed E-state index contributed by atoms with van der Waals surface area (Å²) in [5.74, 6) is 2.65. The van der Waals surface area contributed by atoms with Crippen molar-refractivity contribution in [1.82, 2.24) is 15.3 Å². The Labute approximate surface area is 133 Å². The maximum atomic E-state index is 4.72. The molecule has 0 bridgehead atoms. The van der Waals surface area contributed by atoms with Gasteiger partial charge in [0.2, 0.25) is 0 Å². The van der Waals surface area contributed by atoms with E-state index in [2.05, 4.69) is 33.0 Å². The molecule has 1 aromatic rings. The van der Waals surface area contributed by atoms with Crippen LogP contribution in [0.5, 0.6) is 0 Å². The van der Waals surface area contributed by atoms with Gasteiger partial charge in [0.15, 0.2) is 0 Å². The summed E-state index contributed by atoms with van der Waals surface area (Å²) in [5.41, 5.74) is 3.55. The average molecular weight is 308 g/mol. The molecule has 3 nitrogen and oxygen atoms in total. The van der Waals surface area contributed by atoms with E-state index in [1.165, 1.54) is 31.2 Å². The van der Waals surface area contributed by atoms with Gasteiger partial charge in [-0.15, -0.1) is 0 Å². The van der Waals surface area contributed by atoms with Gasteiger partial charge < -0.3 is 5.32 Å². The lowest BCUT2D eigenvalue weighted by molar-refractivity contribution is 0.548. The van der Waals surface area contributed by atoms with E-state index in [4.69, 9.17) is 9.97 Å². The second-order valence-corrected chi connectivity index (χ2v) is 7.82. The third-order valence-electron chi connectivity index (χ3n) is 4.07. The highest BCUT2D eigenvalue weighted by atomic mass is 32.2. The molecule has 0 saturated heterocycles. The Balaban J connectivity index is 1.92. The predicted octanol–water partition coefficient (Wildman–Crippen LogP) is 4.01. The Morgan fingerprint density at radius 3 is 2.33 bits per heavy atom. The van der Waals surface area contributed by atoms with Crippen molar-refractivity contribution in [2.24, 2.45) is 5.92 Å². The third kappa shape index (κ3) is 5.26. The van der Waals surface area contributed by atoms with Crippen molar-refractivity contribution in [2.45, 2.75) is 70.9 Å². The average Bonchev–Trinajstić information content (AvgIpc) is 2.92. The van der Waals surface area contributed by atoms with Gasteiger partial charge in [-0.25, -0.2) is 9.97 Å². The van der Waals surface area contributed by atoms with E-state index < -0.39 is 0 Å². The zero-order valence-corrected chi connectivity index (χ0v) is 14.7. The van der Waals surface area contributed by atoms with Gasteiger partial charge in [0.1, 0.15) is 5.82 Å². The molecule has 4 heteroatoms. The monoisotopic (exact) mass is 307 g/mol. The summed E-state index contributed by atoms with van der Waals surface area (Å²) in [6.45, 7) is 10.6. The highest BCUT2D eigenvalue weighted by Gasteiger charge is 2.16. The van der Waals surface area contributed by atoms with Crippen LogP contribution < -0.4 is 5.32 Å². The smallest absolute Gasteiger partial charge is 0.138 e. The molecule has 0 spiro atoms. The number of nitrogens with one attached hydrogen (secondary N) is 1. The van der Waals surface area contributed by atoms with Crippen molar-refractivity contribution >= 4 is 11.8 Å². The second-order valence-electron chi connectivity index (χ2n) is 6.53.